The molecule has 0 aliphatic rings. The van der Waals surface area contributed by atoms with Gasteiger partial charge in [0.05, 0.1) is 25.3 Å². The highest BCUT2D eigenvalue weighted by Crippen LogP contribution is 2.19. The second kappa shape index (κ2) is 13.4. The van der Waals surface area contributed by atoms with Crippen LogP contribution in [0.2, 0.25) is 0 Å². The maximum Gasteiger partial charge on any atom is 0.337 e. The Morgan fingerprint density at radius 1 is 0.447 bits per heavy atom. The molecule has 0 bridgehead atoms. The van der Waals surface area contributed by atoms with E-state index in [9.17, 15) is 9.59 Å². The van der Waals surface area contributed by atoms with Crippen LogP contribution in [-0.4, -0.2) is 26.2 Å². The fraction of sp³-hybridized carbons (Fsp3) is 0.235. The molecule has 0 N–H and O–H groups in total. The first-order valence-corrected chi connectivity index (χ1v) is 13.1. The second-order valence-corrected chi connectivity index (χ2v) is 9.41. The van der Waals surface area contributed by atoms with Gasteiger partial charge in [-0.25, -0.2) is 9.59 Å². The third-order valence-electron chi connectivity index (χ3n) is 7.02. The standard InChI is InChI=1S/C34H34O4/c1-37-33(35)31-19-13-25(14-20-31)11-17-27-7-3-5-9-29(27)23-24-30-10-6-4-8-28(30)18-12-26-15-21-32(22-16-26)34(36)38-2/h3-10,13-16,19-22H,11-12,17-18,23-24H2,1-2H3. The first-order chi connectivity index (χ1) is 18.6. The molecule has 38 heavy (non-hydrogen) atoms. The van der Waals surface area contributed by atoms with Crippen LogP contribution in [0.25, 0.3) is 0 Å². The molecule has 0 aliphatic heterocycles. The summed E-state index contributed by atoms with van der Waals surface area (Å²) >= 11 is 0. The maximum atomic E-state index is 11.7. The Kier molecular flexibility index (Phi) is 9.47. The minimum Gasteiger partial charge on any atom is -0.465 e. The third kappa shape index (κ3) is 7.19. The molecular formula is C34H34O4. The number of carbonyl (C=O) groups excluding carboxylic acids is 2. The molecule has 0 aromatic heterocycles. The number of methoxy groups -OCH3 is 2. The molecule has 0 aliphatic carbocycles. The third-order valence-corrected chi connectivity index (χ3v) is 7.02. The van der Waals surface area contributed by atoms with Gasteiger partial charge in [0, 0.05) is 0 Å². The molecule has 0 spiro atoms. The zero-order valence-electron chi connectivity index (χ0n) is 22.1. The van der Waals surface area contributed by atoms with Crippen LogP contribution in [0.4, 0.5) is 0 Å². The Morgan fingerprint density at radius 3 is 1.03 bits per heavy atom. The van der Waals surface area contributed by atoms with Gasteiger partial charge < -0.3 is 9.47 Å². The van der Waals surface area contributed by atoms with Gasteiger partial charge in [0.15, 0.2) is 0 Å². The van der Waals surface area contributed by atoms with E-state index in [-0.39, 0.29) is 11.9 Å². The summed E-state index contributed by atoms with van der Waals surface area (Å²) < 4.78 is 9.58. The van der Waals surface area contributed by atoms with Gasteiger partial charge in [-0.1, -0.05) is 72.8 Å². The van der Waals surface area contributed by atoms with Crippen molar-refractivity contribution >= 4 is 11.9 Å². The monoisotopic (exact) mass is 506 g/mol. The summed E-state index contributed by atoms with van der Waals surface area (Å²) in [5.41, 5.74) is 9.07. The van der Waals surface area contributed by atoms with Crippen LogP contribution in [0.1, 0.15) is 54.1 Å². The normalized spacial score (nSPS) is 10.7. The minimum atomic E-state index is -0.307. The zero-order valence-corrected chi connectivity index (χ0v) is 22.1. The van der Waals surface area contributed by atoms with Crippen LogP contribution in [0, 0.1) is 0 Å². The van der Waals surface area contributed by atoms with Gasteiger partial charge in [-0.2, -0.15) is 0 Å². The molecule has 0 saturated carbocycles. The van der Waals surface area contributed by atoms with Crippen molar-refractivity contribution < 1.29 is 19.1 Å². The molecule has 0 atom stereocenters. The number of hydrogen-bond acceptors (Lipinski definition) is 4. The Balaban J connectivity index is 1.36. The molecule has 4 rings (SSSR count). The molecular weight excluding hydrogens is 472 g/mol. The average Bonchev–Trinajstić information content (AvgIpc) is 2.98. The van der Waals surface area contributed by atoms with Crippen LogP contribution in [0.5, 0.6) is 0 Å². The van der Waals surface area contributed by atoms with Gasteiger partial charge in [-0.3, -0.25) is 0 Å². The zero-order chi connectivity index (χ0) is 26.7. The van der Waals surface area contributed by atoms with Crippen molar-refractivity contribution in [2.24, 2.45) is 0 Å². The van der Waals surface area contributed by atoms with E-state index in [1.807, 2.05) is 48.5 Å². The molecule has 0 heterocycles. The summed E-state index contributed by atoms with van der Waals surface area (Å²) in [5.74, 6) is -0.614. The summed E-state index contributed by atoms with van der Waals surface area (Å²) in [6.45, 7) is 0. The van der Waals surface area contributed by atoms with Crippen molar-refractivity contribution in [3.05, 3.63) is 142 Å². The Labute approximate surface area is 225 Å². The van der Waals surface area contributed by atoms with Crippen molar-refractivity contribution in [1.82, 2.24) is 0 Å². The lowest BCUT2D eigenvalue weighted by atomic mass is 9.92. The molecule has 4 heteroatoms. The van der Waals surface area contributed by atoms with E-state index >= 15 is 0 Å². The number of aryl methyl sites for hydroxylation is 6. The highest BCUT2D eigenvalue weighted by Gasteiger charge is 2.09. The number of esters is 2. The molecule has 4 aromatic rings. The SMILES string of the molecule is COC(=O)c1ccc(CCc2ccccc2CCc2ccccc2CCc2ccc(C(=O)OC)cc2)cc1. The smallest absolute Gasteiger partial charge is 0.337 e. The fourth-order valence-corrected chi connectivity index (χ4v) is 4.77. The maximum absolute atomic E-state index is 11.7. The van der Waals surface area contributed by atoms with E-state index in [0.29, 0.717) is 11.1 Å². The van der Waals surface area contributed by atoms with Crippen molar-refractivity contribution in [3.8, 4) is 0 Å². The average molecular weight is 507 g/mol. The topological polar surface area (TPSA) is 52.6 Å². The molecule has 0 unspecified atom stereocenters. The summed E-state index contributed by atoms with van der Waals surface area (Å²) in [4.78, 5) is 23.4. The lowest BCUT2D eigenvalue weighted by Gasteiger charge is -2.13. The predicted octanol–water partition coefficient (Wildman–Crippen LogP) is 6.62. The van der Waals surface area contributed by atoms with Crippen LogP contribution >= 0.6 is 0 Å². The van der Waals surface area contributed by atoms with E-state index in [4.69, 9.17) is 9.47 Å². The van der Waals surface area contributed by atoms with Gasteiger partial charge in [0.25, 0.3) is 0 Å². The molecule has 0 saturated heterocycles. The van der Waals surface area contributed by atoms with Crippen molar-refractivity contribution in [1.29, 1.82) is 0 Å². The Morgan fingerprint density at radius 2 is 0.737 bits per heavy atom. The highest BCUT2D eigenvalue weighted by molar-refractivity contribution is 5.89. The molecule has 4 aromatic carbocycles. The fourth-order valence-electron chi connectivity index (χ4n) is 4.77. The number of rotatable bonds is 11. The highest BCUT2D eigenvalue weighted by atomic mass is 16.5. The molecule has 0 amide bonds. The first-order valence-electron chi connectivity index (χ1n) is 13.1. The van der Waals surface area contributed by atoms with E-state index < -0.39 is 0 Å². The van der Waals surface area contributed by atoms with Crippen LogP contribution in [-0.2, 0) is 48.0 Å². The van der Waals surface area contributed by atoms with Crippen molar-refractivity contribution in [2.45, 2.75) is 38.5 Å². The van der Waals surface area contributed by atoms with E-state index in [2.05, 4.69) is 48.5 Å². The quantitative estimate of drug-likeness (QED) is 0.215. The van der Waals surface area contributed by atoms with Gasteiger partial charge in [-0.15, -0.1) is 0 Å². The Bertz CT molecular complexity index is 1250. The van der Waals surface area contributed by atoms with Crippen molar-refractivity contribution in [3.63, 3.8) is 0 Å². The Hall–Kier alpha value is -4.18. The summed E-state index contributed by atoms with van der Waals surface area (Å²) in [7, 11) is 2.80. The first kappa shape index (κ1) is 26.9. The minimum absolute atomic E-state index is 0.307. The van der Waals surface area contributed by atoms with Crippen LogP contribution < -0.4 is 0 Å². The van der Waals surface area contributed by atoms with Gasteiger partial charge in [0.2, 0.25) is 0 Å². The van der Waals surface area contributed by atoms with Gasteiger partial charge in [-0.05, 0) is 96.2 Å². The molecule has 0 radical (unpaired) electrons. The molecule has 194 valence electrons. The summed E-state index contributed by atoms with van der Waals surface area (Å²) in [6, 6.07) is 32.7. The number of hydrogen-bond donors (Lipinski definition) is 0. The number of benzene rings is 4. The van der Waals surface area contributed by atoms with Crippen molar-refractivity contribution in [2.75, 3.05) is 14.2 Å². The molecule has 0 fully saturated rings. The summed E-state index contributed by atoms with van der Waals surface area (Å²) in [5, 5.41) is 0. The van der Waals surface area contributed by atoms with Gasteiger partial charge >= 0.3 is 11.9 Å². The van der Waals surface area contributed by atoms with E-state index in [1.165, 1.54) is 47.6 Å². The lowest BCUT2D eigenvalue weighted by molar-refractivity contribution is 0.0592. The van der Waals surface area contributed by atoms with Crippen LogP contribution in [0.15, 0.2) is 97.1 Å². The largest absolute Gasteiger partial charge is 0.465 e. The van der Waals surface area contributed by atoms with Crippen LogP contribution in [0.3, 0.4) is 0 Å². The van der Waals surface area contributed by atoms with Gasteiger partial charge in [0.1, 0.15) is 0 Å². The number of carbonyl (C=O) groups is 2. The number of ether oxygens (including phenoxy) is 2. The summed E-state index contributed by atoms with van der Waals surface area (Å²) in [6.07, 6.45) is 5.73. The van der Waals surface area contributed by atoms with E-state index in [1.54, 1.807) is 0 Å². The van der Waals surface area contributed by atoms with E-state index in [0.717, 1.165) is 38.5 Å². The molecule has 4 nitrogen and oxygen atoms in total. The second-order valence-electron chi connectivity index (χ2n) is 9.41. The lowest BCUT2D eigenvalue weighted by Crippen LogP contribution is -2.03. The predicted molar refractivity (Wildman–Crippen MR) is 151 cm³/mol.